The summed E-state index contributed by atoms with van der Waals surface area (Å²) < 4.78 is 11.5. The Morgan fingerprint density at radius 2 is 1.21 bits per heavy atom. The highest BCUT2D eigenvalue weighted by Gasteiger charge is 2.23. The Morgan fingerprint density at radius 1 is 0.676 bits per heavy atom. The lowest BCUT2D eigenvalue weighted by atomic mass is 9.78. The third-order valence-electron chi connectivity index (χ3n) is 6.31. The Kier molecular flexibility index (Phi) is 6.56. The Bertz CT molecular complexity index is 1280. The van der Waals surface area contributed by atoms with Gasteiger partial charge in [0, 0.05) is 11.0 Å². The van der Waals surface area contributed by atoms with Crippen molar-refractivity contribution in [1.82, 2.24) is 0 Å². The zero-order valence-electron chi connectivity index (χ0n) is 20.4. The van der Waals surface area contributed by atoms with Crippen LogP contribution in [0.2, 0.25) is 0 Å². The summed E-state index contributed by atoms with van der Waals surface area (Å²) >= 11 is 0. The van der Waals surface area contributed by atoms with Crippen molar-refractivity contribution in [3.05, 3.63) is 124 Å². The van der Waals surface area contributed by atoms with E-state index in [0.717, 1.165) is 16.9 Å². The number of rotatable bonds is 7. The molecule has 0 aliphatic carbocycles. The second-order valence-corrected chi connectivity index (χ2v) is 9.17. The van der Waals surface area contributed by atoms with Crippen molar-refractivity contribution < 1.29 is 14.3 Å². The molecule has 34 heavy (non-hydrogen) atoms. The fourth-order valence-corrected chi connectivity index (χ4v) is 4.00. The minimum Gasteiger partial charge on any atom is -0.497 e. The molecule has 0 heterocycles. The summed E-state index contributed by atoms with van der Waals surface area (Å²) in [5.41, 5.74) is 5.55. The summed E-state index contributed by atoms with van der Waals surface area (Å²) in [6.45, 7) is 8.40. The van der Waals surface area contributed by atoms with Crippen LogP contribution in [0.15, 0.2) is 91.0 Å². The zero-order chi connectivity index (χ0) is 24.3. The molecule has 3 nitrogen and oxygen atoms in total. The largest absolute Gasteiger partial charge is 0.497 e. The summed E-state index contributed by atoms with van der Waals surface area (Å²) in [4.78, 5) is 13.2. The van der Waals surface area contributed by atoms with Crippen LogP contribution in [0.4, 0.5) is 0 Å². The smallest absolute Gasteiger partial charge is 0.196 e. The van der Waals surface area contributed by atoms with Crippen molar-refractivity contribution in [1.29, 1.82) is 0 Å². The minimum atomic E-state index is -0.180. The molecule has 0 unspecified atom stereocenters. The number of carbonyl (C=O) groups excluding carboxylic acids is 1. The van der Waals surface area contributed by atoms with Crippen LogP contribution in [0.3, 0.4) is 0 Å². The molecule has 0 bridgehead atoms. The molecule has 0 radical (unpaired) electrons. The molecule has 0 spiro atoms. The van der Waals surface area contributed by atoms with Crippen LogP contribution in [0.5, 0.6) is 17.2 Å². The minimum absolute atomic E-state index is 0.0488. The maximum Gasteiger partial charge on any atom is 0.196 e. The lowest BCUT2D eigenvalue weighted by molar-refractivity contribution is 0.103. The van der Waals surface area contributed by atoms with Crippen LogP contribution in [-0.2, 0) is 5.41 Å². The van der Waals surface area contributed by atoms with E-state index in [1.165, 1.54) is 11.1 Å². The van der Waals surface area contributed by atoms with Gasteiger partial charge >= 0.3 is 0 Å². The summed E-state index contributed by atoms with van der Waals surface area (Å²) in [6, 6.07) is 29.6. The molecule has 0 saturated carbocycles. The van der Waals surface area contributed by atoms with Gasteiger partial charge in [-0.05, 0) is 66.9 Å². The molecule has 0 N–H and O–H groups in total. The number of hydrogen-bond donors (Lipinski definition) is 0. The van der Waals surface area contributed by atoms with Crippen molar-refractivity contribution in [3.8, 4) is 17.2 Å². The van der Waals surface area contributed by atoms with Crippen molar-refractivity contribution in [2.45, 2.75) is 33.1 Å². The number of ether oxygens (including phenoxy) is 2. The molecule has 0 atom stereocenters. The van der Waals surface area contributed by atoms with Gasteiger partial charge in [-0.25, -0.2) is 0 Å². The van der Waals surface area contributed by atoms with Crippen LogP contribution in [0.1, 0.15) is 52.0 Å². The van der Waals surface area contributed by atoms with Crippen LogP contribution in [-0.4, -0.2) is 12.9 Å². The number of carbonyl (C=O) groups is 1. The van der Waals surface area contributed by atoms with Gasteiger partial charge in [0.25, 0.3) is 0 Å². The van der Waals surface area contributed by atoms with Gasteiger partial charge in [0.2, 0.25) is 0 Å². The first-order valence-corrected chi connectivity index (χ1v) is 11.4. The Labute approximate surface area is 202 Å². The maximum absolute atomic E-state index is 13.2. The number of hydrogen-bond acceptors (Lipinski definition) is 3. The van der Waals surface area contributed by atoms with Gasteiger partial charge < -0.3 is 9.47 Å². The molecule has 0 fully saturated rings. The average molecular weight is 451 g/mol. The van der Waals surface area contributed by atoms with Crippen molar-refractivity contribution in [2.75, 3.05) is 7.11 Å². The van der Waals surface area contributed by atoms with E-state index in [9.17, 15) is 4.79 Å². The highest BCUT2D eigenvalue weighted by atomic mass is 16.5. The van der Waals surface area contributed by atoms with Gasteiger partial charge in [0.1, 0.15) is 17.2 Å². The van der Waals surface area contributed by atoms with E-state index in [0.29, 0.717) is 22.6 Å². The van der Waals surface area contributed by atoms with E-state index in [-0.39, 0.29) is 11.2 Å². The summed E-state index contributed by atoms with van der Waals surface area (Å²) in [5.74, 6) is 2.05. The lowest BCUT2D eigenvalue weighted by Gasteiger charge is -2.26. The molecule has 0 aliphatic rings. The van der Waals surface area contributed by atoms with Gasteiger partial charge in [-0.15, -0.1) is 0 Å². The number of aryl methyl sites for hydroxylation is 2. The molecule has 3 heteroatoms. The van der Waals surface area contributed by atoms with E-state index >= 15 is 0 Å². The molecule has 172 valence electrons. The zero-order valence-corrected chi connectivity index (χ0v) is 20.4. The molecule has 0 amide bonds. The molecule has 4 aromatic rings. The van der Waals surface area contributed by atoms with Gasteiger partial charge in [-0.3, -0.25) is 4.79 Å². The first-order chi connectivity index (χ1) is 16.3. The predicted molar refractivity (Wildman–Crippen MR) is 137 cm³/mol. The highest BCUT2D eigenvalue weighted by Crippen LogP contribution is 2.35. The molecule has 4 rings (SSSR count). The number of methoxy groups -OCH3 is 1. The second kappa shape index (κ2) is 9.56. The summed E-state index contributed by atoms with van der Waals surface area (Å²) in [5, 5.41) is 0. The Hall–Kier alpha value is -3.85. The normalized spacial score (nSPS) is 11.2. The quantitative estimate of drug-likeness (QED) is 0.271. The maximum atomic E-state index is 13.2. The van der Waals surface area contributed by atoms with E-state index in [1.807, 2.05) is 80.6 Å². The summed E-state index contributed by atoms with van der Waals surface area (Å²) in [7, 11) is 1.67. The van der Waals surface area contributed by atoms with Crippen LogP contribution >= 0.6 is 0 Å². The van der Waals surface area contributed by atoms with E-state index in [2.05, 4.69) is 38.1 Å². The van der Waals surface area contributed by atoms with Crippen LogP contribution < -0.4 is 9.47 Å². The number of ketones is 1. The van der Waals surface area contributed by atoms with Crippen molar-refractivity contribution >= 4 is 5.78 Å². The highest BCUT2D eigenvalue weighted by molar-refractivity contribution is 6.10. The molecular weight excluding hydrogens is 420 g/mol. The van der Waals surface area contributed by atoms with Gasteiger partial charge in [0.05, 0.1) is 12.7 Å². The van der Waals surface area contributed by atoms with Crippen molar-refractivity contribution in [2.24, 2.45) is 0 Å². The van der Waals surface area contributed by atoms with Crippen LogP contribution in [0, 0.1) is 13.8 Å². The van der Waals surface area contributed by atoms with Gasteiger partial charge in [0.15, 0.2) is 5.78 Å². The fourth-order valence-electron chi connectivity index (χ4n) is 4.00. The first-order valence-electron chi connectivity index (χ1n) is 11.4. The molecule has 4 aromatic carbocycles. The Morgan fingerprint density at radius 3 is 1.76 bits per heavy atom. The first kappa shape index (κ1) is 23.3. The average Bonchev–Trinajstić information content (AvgIpc) is 2.84. The van der Waals surface area contributed by atoms with E-state index in [1.54, 1.807) is 7.11 Å². The topological polar surface area (TPSA) is 35.5 Å². The van der Waals surface area contributed by atoms with Crippen LogP contribution in [0.25, 0.3) is 0 Å². The van der Waals surface area contributed by atoms with E-state index in [4.69, 9.17) is 9.47 Å². The second-order valence-electron chi connectivity index (χ2n) is 9.17. The summed E-state index contributed by atoms with van der Waals surface area (Å²) in [6.07, 6.45) is 0. The monoisotopic (exact) mass is 450 g/mol. The lowest BCUT2D eigenvalue weighted by Crippen LogP contribution is -2.18. The molecular formula is C31H30O3. The third-order valence-corrected chi connectivity index (χ3v) is 6.31. The van der Waals surface area contributed by atoms with Gasteiger partial charge in [-0.1, -0.05) is 74.0 Å². The Balaban J connectivity index is 1.59. The number of benzene rings is 4. The molecule has 0 aromatic heterocycles. The SMILES string of the molecule is COc1ccc(C(C)(C)c2ccc(Oc3cc(C)ccc3C(=O)c3ccc(C)cc3)cc2)cc1. The third kappa shape index (κ3) is 4.89. The molecule has 0 saturated heterocycles. The van der Waals surface area contributed by atoms with E-state index < -0.39 is 0 Å². The van der Waals surface area contributed by atoms with Gasteiger partial charge in [-0.2, -0.15) is 0 Å². The standard InChI is InChI=1S/C31H30O3/c1-21-6-9-23(10-7-21)30(32)28-19-8-22(2)20-29(28)34-27-17-13-25(14-18-27)31(3,4)24-11-15-26(33-5)16-12-24/h6-20H,1-5H3. The van der Waals surface area contributed by atoms with Crippen molar-refractivity contribution in [3.63, 3.8) is 0 Å². The fraction of sp³-hybridized carbons (Fsp3) is 0.194. The molecule has 0 aliphatic heterocycles. The predicted octanol–water partition coefficient (Wildman–Crippen LogP) is 7.66.